The maximum absolute atomic E-state index is 4.79. The van der Waals surface area contributed by atoms with E-state index in [0.29, 0.717) is 0 Å². The quantitative estimate of drug-likeness (QED) is 0.475. The second-order valence-electron chi connectivity index (χ2n) is 4.63. The van der Waals surface area contributed by atoms with Crippen LogP contribution in [0.4, 0.5) is 5.69 Å². The number of rotatable bonds is 4. The molecule has 0 N–H and O–H groups in total. The molecule has 0 heterocycles. The molecule has 5 heteroatoms. The Morgan fingerprint density at radius 3 is 1.78 bits per heavy atom. The summed E-state index contributed by atoms with van der Waals surface area (Å²) in [5.41, 5.74) is 2.09. The van der Waals surface area contributed by atoms with Gasteiger partial charge in [-0.15, -0.1) is 0 Å². The average Bonchev–Trinajstić information content (AvgIpc) is 2.28. The molecule has 1 aromatic rings. The smallest absolute Gasteiger partial charge is 0.158 e. The molecule has 0 fully saturated rings. The Kier molecular flexibility index (Phi) is 5.73. The van der Waals surface area contributed by atoms with Gasteiger partial charge in [0.15, 0.2) is 5.58 Å². The minimum absolute atomic E-state index is 0.563. The fourth-order valence-corrected chi connectivity index (χ4v) is 3.65. The maximum Gasteiger partial charge on any atom is 0.158 e. The van der Waals surface area contributed by atoms with E-state index in [2.05, 4.69) is 42.4 Å². The highest BCUT2D eigenvalue weighted by Crippen LogP contribution is 2.42. The van der Waals surface area contributed by atoms with E-state index in [1.165, 1.54) is 0 Å². The molecule has 0 spiro atoms. The van der Waals surface area contributed by atoms with E-state index >= 15 is 0 Å². The highest BCUT2D eigenvalue weighted by Gasteiger charge is 2.23. The Morgan fingerprint density at radius 1 is 0.889 bits per heavy atom. The van der Waals surface area contributed by atoms with Gasteiger partial charge in [0.05, 0.1) is 5.69 Å². The fraction of sp³-hybridized carbons (Fsp3) is 0.462. The third-order valence-corrected chi connectivity index (χ3v) is 4.70. The Morgan fingerprint density at radius 2 is 1.39 bits per heavy atom. The van der Waals surface area contributed by atoms with Gasteiger partial charge in [-0.1, -0.05) is 18.2 Å². The summed E-state index contributed by atoms with van der Waals surface area (Å²) in [5.74, 6) is 0. The molecule has 0 saturated heterocycles. The van der Waals surface area contributed by atoms with Crippen LogP contribution in [0.5, 0.6) is 0 Å². The average molecular weight is 266 g/mol. The van der Waals surface area contributed by atoms with Crippen molar-refractivity contribution in [1.29, 1.82) is 0 Å². The van der Waals surface area contributed by atoms with E-state index in [1.807, 2.05) is 44.4 Å². The molecule has 0 aliphatic carbocycles. The Labute approximate surface area is 112 Å². The molecule has 0 saturated carbocycles. The van der Waals surface area contributed by atoms with Crippen molar-refractivity contribution in [1.82, 2.24) is 14.2 Å². The van der Waals surface area contributed by atoms with Gasteiger partial charge in [-0.25, -0.2) is 4.99 Å². The summed E-state index contributed by atoms with van der Waals surface area (Å²) in [6.45, 7) is 0. The molecule has 4 nitrogen and oxygen atoms in total. The molecule has 0 aliphatic heterocycles. The van der Waals surface area contributed by atoms with Crippen LogP contribution in [0.3, 0.4) is 0 Å². The highest BCUT2D eigenvalue weighted by molar-refractivity contribution is 7.70. The third kappa shape index (κ3) is 4.05. The van der Waals surface area contributed by atoms with Gasteiger partial charge < -0.3 is 4.90 Å². The zero-order valence-electron chi connectivity index (χ0n) is 12.1. The SMILES string of the molecule is CN(C)C(=Nc1ccccc1)P(N(C)C)N(C)C. The normalized spacial score (nSPS) is 12.6. The number of amidine groups is 1. The van der Waals surface area contributed by atoms with E-state index in [0.717, 1.165) is 11.3 Å². The minimum atomic E-state index is -0.563. The summed E-state index contributed by atoms with van der Waals surface area (Å²) in [4.78, 5) is 6.88. The van der Waals surface area contributed by atoms with Gasteiger partial charge >= 0.3 is 0 Å². The summed E-state index contributed by atoms with van der Waals surface area (Å²) >= 11 is 0. The molecule has 0 amide bonds. The van der Waals surface area contributed by atoms with E-state index in [4.69, 9.17) is 4.99 Å². The van der Waals surface area contributed by atoms with Gasteiger partial charge in [-0.3, -0.25) is 9.34 Å². The second-order valence-corrected chi connectivity index (χ2v) is 7.20. The number of benzene rings is 1. The lowest BCUT2D eigenvalue weighted by Crippen LogP contribution is -2.30. The fourth-order valence-electron chi connectivity index (χ4n) is 1.66. The van der Waals surface area contributed by atoms with Crippen LogP contribution in [-0.2, 0) is 0 Å². The van der Waals surface area contributed by atoms with E-state index in [9.17, 15) is 0 Å². The van der Waals surface area contributed by atoms with Crippen LogP contribution in [-0.4, -0.2) is 62.1 Å². The molecule has 18 heavy (non-hydrogen) atoms. The standard InChI is InChI=1S/C13H23N4P/c1-15(2)13(18(16(3)4)17(5)6)14-12-10-8-7-9-11-12/h7-11H,1-6H3. The lowest BCUT2D eigenvalue weighted by Gasteiger charge is -2.33. The Hall–Kier alpha value is -0.960. The van der Waals surface area contributed by atoms with Crippen LogP contribution >= 0.6 is 8.22 Å². The number of hydrogen-bond donors (Lipinski definition) is 0. The lowest BCUT2D eigenvalue weighted by molar-refractivity contribution is 0.567. The van der Waals surface area contributed by atoms with E-state index < -0.39 is 8.22 Å². The van der Waals surface area contributed by atoms with Gasteiger partial charge in [-0.05, 0) is 40.3 Å². The predicted octanol–water partition coefficient (Wildman–Crippen LogP) is 2.67. The second kappa shape index (κ2) is 6.83. The number of nitrogens with zero attached hydrogens (tertiary/aromatic N) is 4. The van der Waals surface area contributed by atoms with E-state index in [-0.39, 0.29) is 0 Å². The number of aliphatic imine (C=N–C) groups is 1. The van der Waals surface area contributed by atoms with Gasteiger partial charge in [0.2, 0.25) is 0 Å². The van der Waals surface area contributed by atoms with Crippen molar-refractivity contribution in [2.24, 2.45) is 4.99 Å². The molecule has 1 aromatic carbocycles. The van der Waals surface area contributed by atoms with E-state index in [1.54, 1.807) is 0 Å². The molecule has 0 radical (unpaired) electrons. The first-order chi connectivity index (χ1) is 8.43. The number of para-hydroxylation sites is 1. The summed E-state index contributed by atoms with van der Waals surface area (Å²) < 4.78 is 4.44. The topological polar surface area (TPSA) is 22.1 Å². The number of hydrogen-bond acceptors (Lipinski definition) is 3. The third-order valence-electron chi connectivity index (χ3n) is 2.32. The lowest BCUT2D eigenvalue weighted by atomic mass is 10.3. The van der Waals surface area contributed by atoms with Crippen molar-refractivity contribution in [2.75, 3.05) is 42.3 Å². The first kappa shape index (κ1) is 15.1. The summed E-state index contributed by atoms with van der Waals surface area (Å²) in [5, 5.41) is 0. The predicted molar refractivity (Wildman–Crippen MR) is 81.5 cm³/mol. The van der Waals surface area contributed by atoms with Crippen LogP contribution < -0.4 is 0 Å². The van der Waals surface area contributed by atoms with Gasteiger partial charge in [0.25, 0.3) is 0 Å². The van der Waals surface area contributed by atoms with Crippen molar-refractivity contribution >= 4 is 19.5 Å². The molecular formula is C13H23N4P. The largest absolute Gasteiger partial charge is 0.360 e. The minimum Gasteiger partial charge on any atom is -0.360 e. The van der Waals surface area contributed by atoms with Crippen LogP contribution in [0.15, 0.2) is 35.3 Å². The van der Waals surface area contributed by atoms with Crippen LogP contribution in [0, 0.1) is 0 Å². The van der Waals surface area contributed by atoms with Crippen LogP contribution in [0.25, 0.3) is 0 Å². The van der Waals surface area contributed by atoms with Crippen molar-refractivity contribution in [3.05, 3.63) is 30.3 Å². The van der Waals surface area contributed by atoms with Crippen LogP contribution in [0.1, 0.15) is 0 Å². The maximum atomic E-state index is 4.79. The van der Waals surface area contributed by atoms with Crippen molar-refractivity contribution in [3.63, 3.8) is 0 Å². The molecule has 0 aliphatic rings. The van der Waals surface area contributed by atoms with Crippen molar-refractivity contribution in [2.45, 2.75) is 0 Å². The van der Waals surface area contributed by atoms with Gasteiger partial charge in [0, 0.05) is 14.1 Å². The Bertz CT molecular complexity index is 379. The van der Waals surface area contributed by atoms with Gasteiger partial charge in [0.1, 0.15) is 8.22 Å². The summed E-state index contributed by atoms with van der Waals surface area (Å²) in [6, 6.07) is 10.1. The zero-order chi connectivity index (χ0) is 13.7. The summed E-state index contributed by atoms with van der Waals surface area (Å²) in [7, 11) is 11.9. The molecule has 0 bridgehead atoms. The monoisotopic (exact) mass is 266 g/mol. The first-order valence-corrected chi connectivity index (χ1v) is 7.14. The molecule has 1 rings (SSSR count). The first-order valence-electron chi connectivity index (χ1n) is 5.89. The molecule has 0 aromatic heterocycles. The molecule has 100 valence electrons. The highest BCUT2D eigenvalue weighted by atomic mass is 31.1. The van der Waals surface area contributed by atoms with Crippen LogP contribution in [0.2, 0.25) is 0 Å². The molecule has 0 unspecified atom stereocenters. The summed E-state index contributed by atoms with van der Waals surface area (Å²) in [6.07, 6.45) is 0. The Balaban J connectivity index is 3.13. The zero-order valence-corrected chi connectivity index (χ0v) is 13.0. The van der Waals surface area contributed by atoms with Crippen molar-refractivity contribution in [3.8, 4) is 0 Å². The van der Waals surface area contributed by atoms with Gasteiger partial charge in [-0.2, -0.15) is 0 Å². The molecule has 0 atom stereocenters. The van der Waals surface area contributed by atoms with Crippen molar-refractivity contribution < 1.29 is 0 Å². The molecular weight excluding hydrogens is 243 g/mol.